The number of anilines is 1. The van der Waals surface area contributed by atoms with Gasteiger partial charge in [0.05, 0.1) is 10.7 Å². The van der Waals surface area contributed by atoms with Crippen LogP contribution in [0.1, 0.15) is 34.0 Å². The van der Waals surface area contributed by atoms with Crippen molar-refractivity contribution >= 4 is 27.4 Å². The van der Waals surface area contributed by atoms with Crippen molar-refractivity contribution in [3.05, 3.63) is 68.8 Å². The fraction of sp³-hybridized carbons (Fsp3) is 0.316. The third-order valence-electron chi connectivity index (χ3n) is 4.82. The van der Waals surface area contributed by atoms with E-state index in [4.69, 9.17) is 4.55 Å². The Bertz CT molecular complexity index is 1120. The number of nitro groups is 1. The lowest BCUT2D eigenvalue weighted by atomic mass is 9.81. The molecule has 168 valence electrons. The average Bonchev–Trinajstić information content (AvgIpc) is 2.62. The Kier molecular flexibility index (Phi) is 6.48. The van der Waals surface area contributed by atoms with Crippen LogP contribution in [0.4, 0.5) is 24.5 Å². The van der Waals surface area contributed by atoms with Gasteiger partial charge < -0.3 is 5.32 Å². The van der Waals surface area contributed by atoms with Gasteiger partial charge >= 0.3 is 6.18 Å². The molecule has 0 aliphatic heterocycles. The number of hydrogen-bond acceptors (Lipinski definition) is 5. The smallest absolute Gasteiger partial charge is 0.321 e. The van der Waals surface area contributed by atoms with E-state index in [1.54, 1.807) is 0 Å². The molecule has 8 nitrogen and oxygen atoms in total. The predicted octanol–water partition coefficient (Wildman–Crippen LogP) is 4.17. The van der Waals surface area contributed by atoms with E-state index in [1.165, 1.54) is 32.0 Å². The van der Waals surface area contributed by atoms with Gasteiger partial charge in [0.25, 0.3) is 21.7 Å². The van der Waals surface area contributed by atoms with Crippen molar-refractivity contribution in [3.63, 3.8) is 0 Å². The molecule has 0 saturated heterocycles. The van der Waals surface area contributed by atoms with E-state index in [2.05, 4.69) is 5.32 Å². The second kappa shape index (κ2) is 8.27. The average molecular weight is 460 g/mol. The molecule has 0 aliphatic carbocycles. The standard InChI is InChI=1S/C19H19F3N2O6S/c1-11-7-14(18(3,19(20,21)22)10-31(28,29)30)8-12(2)16(11)23-17(25)13-5-4-6-15(9-13)24(26)27/h4-9H,10H2,1-3H3,(H,23,25)(H,28,29,30). The van der Waals surface area contributed by atoms with Crippen molar-refractivity contribution in [3.8, 4) is 0 Å². The first-order chi connectivity index (χ1) is 14.0. The van der Waals surface area contributed by atoms with Crippen LogP contribution in [-0.2, 0) is 15.5 Å². The van der Waals surface area contributed by atoms with Crippen molar-refractivity contribution in [2.75, 3.05) is 11.1 Å². The Hall–Kier alpha value is -2.99. The lowest BCUT2D eigenvalue weighted by molar-refractivity contribution is -0.384. The summed E-state index contributed by atoms with van der Waals surface area (Å²) in [7, 11) is -4.96. The highest BCUT2D eigenvalue weighted by Crippen LogP contribution is 2.43. The molecule has 0 aromatic heterocycles. The van der Waals surface area contributed by atoms with Crippen LogP contribution in [0.2, 0.25) is 0 Å². The lowest BCUT2D eigenvalue weighted by Crippen LogP contribution is -2.45. The van der Waals surface area contributed by atoms with Crippen LogP contribution in [-0.4, -0.2) is 35.7 Å². The number of benzene rings is 2. The first-order valence-electron chi connectivity index (χ1n) is 8.74. The summed E-state index contributed by atoms with van der Waals surface area (Å²) in [5, 5.41) is 13.4. The maximum Gasteiger partial charge on any atom is 0.399 e. The summed E-state index contributed by atoms with van der Waals surface area (Å²) >= 11 is 0. The number of carbonyl (C=O) groups excluding carboxylic acids is 1. The van der Waals surface area contributed by atoms with Gasteiger partial charge in [-0.2, -0.15) is 21.6 Å². The summed E-state index contributed by atoms with van der Waals surface area (Å²) in [4.78, 5) is 22.7. The molecule has 0 heterocycles. The van der Waals surface area contributed by atoms with Crippen LogP contribution in [0.25, 0.3) is 0 Å². The molecular weight excluding hydrogens is 441 g/mol. The van der Waals surface area contributed by atoms with Crippen molar-refractivity contribution in [1.29, 1.82) is 0 Å². The van der Waals surface area contributed by atoms with Crippen molar-refractivity contribution in [2.24, 2.45) is 0 Å². The maximum atomic E-state index is 13.7. The summed E-state index contributed by atoms with van der Waals surface area (Å²) in [5.74, 6) is -2.28. The molecule has 1 amide bonds. The first-order valence-corrected chi connectivity index (χ1v) is 10.4. The molecule has 2 N–H and O–H groups in total. The molecule has 31 heavy (non-hydrogen) atoms. The SMILES string of the molecule is Cc1cc(C(C)(CS(=O)(=O)O)C(F)(F)F)cc(C)c1NC(=O)c1cccc([N+](=O)[O-])c1. The van der Waals surface area contributed by atoms with Crippen LogP contribution in [0.15, 0.2) is 36.4 Å². The molecule has 0 radical (unpaired) electrons. The Morgan fingerprint density at radius 2 is 1.71 bits per heavy atom. The van der Waals surface area contributed by atoms with Gasteiger partial charge in [-0.25, -0.2) is 0 Å². The normalized spacial score (nSPS) is 14.0. The van der Waals surface area contributed by atoms with E-state index in [0.717, 1.165) is 18.2 Å². The number of nitrogens with one attached hydrogen (secondary N) is 1. The van der Waals surface area contributed by atoms with E-state index in [1.807, 2.05) is 0 Å². The third kappa shape index (κ3) is 5.39. The number of nitrogens with zero attached hydrogens (tertiary/aromatic N) is 1. The summed E-state index contributed by atoms with van der Waals surface area (Å²) in [6, 6.07) is 7.08. The molecule has 0 saturated carbocycles. The summed E-state index contributed by atoms with van der Waals surface area (Å²) in [6.07, 6.45) is -4.99. The molecule has 0 spiro atoms. The van der Waals surface area contributed by atoms with Crippen molar-refractivity contribution in [2.45, 2.75) is 32.4 Å². The summed E-state index contributed by atoms with van der Waals surface area (Å²) in [5.41, 5.74) is -3.03. The molecule has 0 fully saturated rings. The molecule has 12 heteroatoms. The van der Waals surface area contributed by atoms with Crippen molar-refractivity contribution in [1.82, 2.24) is 0 Å². The zero-order valence-corrected chi connectivity index (χ0v) is 17.5. The minimum absolute atomic E-state index is 0.0245. The van der Waals surface area contributed by atoms with Gasteiger partial charge in [-0.15, -0.1) is 0 Å². The number of carbonyl (C=O) groups is 1. The van der Waals surface area contributed by atoms with E-state index >= 15 is 0 Å². The summed E-state index contributed by atoms with van der Waals surface area (Å²) < 4.78 is 72.7. The fourth-order valence-corrected chi connectivity index (χ4v) is 4.18. The highest BCUT2D eigenvalue weighted by atomic mass is 32.2. The van der Waals surface area contributed by atoms with Crippen LogP contribution < -0.4 is 5.32 Å². The number of rotatable bonds is 6. The number of non-ortho nitro benzene ring substituents is 1. The fourth-order valence-electron chi connectivity index (χ4n) is 3.12. The van der Waals surface area contributed by atoms with Gasteiger partial charge in [0, 0.05) is 23.4 Å². The number of aryl methyl sites for hydroxylation is 2. The number of halogens is 3. The number of amides is 1. The molecule has 2 aromatic carbocycles. The Morgan fingerprint density at radius 1 is 1.16 bits per heavy atom. The Morgan fingerprint density at radius 3 is 2.16 bits per heavy atom. The largest absolute Gasteiger partial charge is 0.399 e. The second-order valence-electron chi connectivity index (χ2n) is 7.30. The van der Waals surface area contributed by atoms with Gasteiger partial charge in [0.1, 0.15) is 5.41 Å². The highest BCUT2D eigenvalue weighted by Gasteiger charge is 2.54. The zero-order chi connectivity index (χ0) is 23.8. The van der Waals surface area contributed by atoms with E-state index < -0.39 is 43.9 Å². The monoisotopic (exact) mass is 460 g/mol. The zero-order valence-electron chi connectivity index (χ0n) is 16.6. The lowest BCUT2D eigenvalue weighted by Gasteiger charge is -2.32. The topological polar surface area (TPSA) is 127 Å². The van der Waals surface area contributed by atoms with Gasteiger partial charge in [-0.05, 0) is 43.5 Å². The van der Waals surface area contributed by atoms with Gasteiger partial charge in [0.2, 0.25) is 0 Å². The van der Waals surface area contributed by atoms with E-state index in [9.17, 15) is 36.5 Å². The minimum atomic E-state index is -4.99. The first kappa shape index (κ1) is 24.3. The van der Waals surface area contributed by atoms with Crippen LogP contribution in [0.3, 0.4) is 0 Å². The van der Waals surface area contributed by atoms with Gasteiger partial charge in [-0.3, -0.25) is 19.5 Å². The molecule has 1 unspecified atom stereocenters. The predicted molar refractivity (Wildman–Crippen MR) is 107 cm³/mol. The quantitative estimate of drug-likeness (QED) is 0.378. The molecule has 1 atom stereocenters. The third-order valence-corrected chi connectivity index (χ3v) is 5.77. The number of hydrogen-bond donors (Lipinski definition) is 2. The molecule has 0 aliphatic rings. The molecule has 2 rings (SSSR count). The molecular formula is C19H19F3N2O6S. The Labute approximate surface area is 176 Å². The number of nitro benzene ring substituents is 1. The second-order valence-corrected chi connectivity index (χ2v) is 8.76. The van der Waals surface area contributed by atoms with Gasteiger partial charge in [-0.1, -0.05) is 18.2 Å². The molecule has 0 bridgehead atoms. The number of alkyl halides is 3. The van der Waals surface area contributed by atoms with Gasteiger partial charge in [0.15, 0.2) is 0 Å². The maximum absolute atomic E-state index is 13.7. The Balaban J connectivity index is 2.47. The van der Waals surface area contributed by atoms with Crippen LogP contribution >= 0.6 is 0 Å². The van der Waals surface area contributed by atoms with Crippen LogP contribution in [0.5, 0.6) is 0 Å². The highest BCUT2D eigenvalue weighted by molar-refractivity contribution is 7.85. The molecule has 2 aromatic rings. The van der Waals surface area contributed by atoms with Crippen molar-refractivity contribution < 1.29 is 35.9 Å². The van der Waals surface area contributed by atoms with E-state index in [-0.39, 0.29) is 28.1 Å². The van der Waals surface area contributed by atoms with E-state index in [0.29, 0.717) is 6.92 Å². The minimum Gasteiger partial charge on any atom is -0.321 e. The van der Waals surface area contributed by atoms with Crippen LogP contribution in [0, 0.1) is 24.0 Å². The summed E-state index contributed by atoms with van der Waals surface area (Å²) in [6.45, 7) is 3.50.